The normalized spacial score (nSPS) is 10.7. The molecule has 0 aliphatic heterocycles. The Morgan fingerprint density at radius 2 is 2.20 bits per heavy atom. The molecule has 0 aromatic carbocycles. The Hall–Kier alpha value is -2.91. The van der Waals surface area contributed by atoms with Gasteiger partial charge in [0, 0.05) is 16.3 Å². The highest BCUT2D eigenvalue weighted by Crippen LogP contribution is 2.25. The number of pyridine rings is 1. The summed E-state index contributed by atoms with van der Waals surface area (Å²) in [6, 6.07) is 5.57. The van der Waals surface area contributed by atoms with Gasteiger partial charge in [0.2, 0.25) is 5.91 Å². The van der Waals surface area contributed by atoms with E-state index in [0.717, 1.165) is 16.3 Å². The van der Waals surface area contributed by atoms with Gasteiger partial charge in [0.1, 0.15) is 17.7 Å². The van der Waals surface area contributed by atoms with Crippen LogP contribution in [0.3, 0.4) is 0 Å². The van der Waals surface area contributed by atoms with Crippen molar-refractivity contribution in [3.05, 3.63) is 58.9 Å². The molecule has 4 aromatic rings. The molecule has 4 heterocycles. The molecule has 4 aromatic heterocycles. The maximum absolute atomic E-state index is 12.2. The van der Waals surface area contributed by atoms with Crippen LogP contribution in [0.2, 0.25) is 0 Å². The first kappa shape index (κ1) is 15.6. The number of hydrogen-bond acceptors (Lipinski definition) is 7. The zero-order valence-electron chi connectivity index (χ0n) is 12.9. The topological polar surface area (TPSA) is 85.6 Å². The van der Waals surface area contributed by atoms with Gasteiger partial charge in [-0.05, 0) is 23.6 Å². The average molecular weight is 368 g/mol. The van der Waals surface area contributed by atoms with Crippen LogP contribution in [0, 0.1) is 0 Å². The number of thiazole rings is 1. The van der Waals surface area contributed by atoms with E-state index in [2.05, 4.69) is 25.4 Å². The van der Waals surface area contributed by atoms with Gasteiger partial charge in [-0.3, -0.25) is 4.79 Å². The summed E-state index contributed by atoms with van der Waals surface area (Å²) in [7, 11) is 0. The first-order valence-electron chi connectivity index (χ1n) is 7.36. The fraction of sp³-hybridized carbons (Fsp3) is 0.0625. The van der Waals surface area contributed by atoms with Gasteiger partial charge in [0.25, 0.3) is 0 Å². The van der Waals surface area contributed by atoms with E-state index in [1.165, 1.54) is 6.33 Å². The maximum Gasteiger partial charge on any atom is 0.230 e. The van der Waals surface area contributed by atoms with Crippen LogP contribution in [0.15, 0.2) is 53.2 Å². The number of carbonyl (C=O) groups excluding carboxylic acids is 1. The highest BCUT2D eigenvalue weighted by atomic mass is 32.1. The molecule has 0 saturated carbocycles. The van der Waals surface area contributed by atoms with Crippen LogP contribution < -0.4 is 5.32 Å². The second kappa shape index (κ2) is 6.91. The number of nitrogens with zero attached hydrogens (tertiary/aromatic N) is 5. The van der Waals surface area contributed by atoms with Gasteiger partial charge in [0.05, 0.1) is 24.0 Å². The lowest BCUT2D eigenvalue weighted by atomic mass is 10.3. The molecule has 0 aliphatic carbocycles. The van der Waals surface area contributed by atoms with Crippen molar-refractivity contribution in [2.45, 2.75) is 6.42 Å². The first-order valence-corrected chi connectivity index (χ1v) is 9.18. The predicted molar refractivity (Wildman–Crippen MR) is 96.9 cm³/mol. The lowest BCUT2D eigenvalue weighted by molar-refractivity contribution is -0.115. The molecule has 0 fully saturated rings. The third kappa shape index (κ3) is 3.62. The Labute approximate surface area is 151 Å². The standard InChI is InChI=1S/C16H12N6OS2/c23-15(5-13-8-25-16(21-13)11-3-4-24-7-11)20-12-1-2-14(18-6-12)22-10-17-9-19-22/h1-4,6-10H,5H2,(H,20,23). The summed E-state index contributed by atoms with van der Waals surface area (Å²) < 4.78 is 1.55. The quantitative estimate of drug-likeness (QED) is 0.585. The number of nitrogens with one attached hydrogen (secondary N) is 1. The third-order valence-corrected chi connectivity index (χ3v) is 4.97. The van der Waals surface area contributed by atoms with E-state index in [-0.39, 0.29) is 12.3 Å². The molecule has 0 aliphatic rings. The molecule has 9 heteroatoms. The second-order valence-corrected chi connectivity index (χ2v) is 6.76. The summed E-state index contributed by atoms with van der Waals surface area (Å²) in [4.78, 5) is 24.8. The lowest BCUT2D eigenvalue weighted by Crippen LogP contribution is -2.15. The number of aromatic nitrogens is 5. The lowest BCUT2D eigenvalue weighted by Gasteiger charge is -2.05. The maximum atomic E-state index is 12.2. The molecule has 124 valence electrons. The zero-order chi connectivity index (χ0) is 17.1. The van der Waals surface area contributed by atoms with E-state index < -0.39 is 0 Å². The van der Waals surface area contributed by atoms with Crippen LogP contribution in [0.4, 0.5) is 5.69 Å². The minimum atomic E-state index is -0.127. The van der Waals surface area contributed by atoms with Crippen LogP contribution in [-0.4, -0.2) is 30.6 Å². The van der Waals surface area contributed by atoms with E-state index in [9.17, 15) is 4.79 Å². The Kier molecular flexibility index (Phi) is 4.32. The van der Waals surface area contributed by atoms with Gasteiger partial charge in [-0.2, -0.15) is 16.4 Å². The average Bonchev–Trinajstić information content (AvgIpc) is 3.37. The fourth-order valence-corrected chi connectivity index (χ4v) is 3.73. The first-order chi connectivity index (χ1) is 12.3. The second-order valence-electron chi connectivity index (χ2n) is 5.13. The van der Waals surface area contributed by atoms with Crippen LogP contribution in [-0.2, 0) is 11.2 Å². The number of hydrogen-bond donors (Lipinski definition) is 1. The van der Waals surface area contributed by atoms with Crippen LogP contribution in [0.5, 0.6) is 0 Å². The molecule has 0 bridgehead atoms. The molecule has 0 spiro atoms. The van der Waals surface area contributed by atoms with Crippen molar-refractivity contribution in [3.63, 3.8) is 0 Å². The summed E-state index contributed by atoms with van der Waals surface area (Å²) in [5.41, 5.74) is 2.48. The van der Waals surface area contributed by atoms with Gasteiger partial charge in [-0.25, -0.2) is 19.6 Å². The van der Waals surface area contributed by atoms with Crippen LogP contribution in [0.25, 0.3) is 16.4 Å². The van der Waals surface area contributed by atoms with Crippen molar-refractivity contribution in [3.8, 4) is 16.4 Å². The summed E-state index contributed by atoms with van der Waals surface area (Å²) in [5.74, 6) is 0.507. The number of carbonyl (C=O) groups is 1. The van der Waals surface area contributed by atoms with E-state index in [1.807, 2.05) is 22.2 Å². The Bertz CT molecular complexity index is 961. The zero-order valence-corrected chi connectivity index (χ0v) is 14.5. The molecule has 7 nitrogen and oxygen atoms in total. The molecular formula is C16H12N6OS2. The third-order valence-electron chi connectivity index (χ3n) is 3.35. The predicted octanol–water partition coefficient (Wildman–Crippen LogP) is 3.03. The van der Waals surface area contributed by atoms with Crippen molar-refractivity contribution in [2.24, 2.45) is 0 Å². The molecule has 0 radical (unpaired) electrons. The summed E-state index contributed by atoms with van der Waals surface area (Å²) >= 11 is 3.17. The molecule has 0 saturated heterocycles. The van der Waals surface area contributed by atoms with Crippen molar-refractivity contribution in [1.82, 2.24) is 24.7 Å². The minimum absolute atomic E-state index is 0.127. The monoisotopic (exact) mass is 368 g/mol. The summed E-state index contributed by atoms with van der Waals surface area (Å²) in [5, 5.41) is 13.7. The van der Waals surface area contributed by atoms with Crippen LogP contribution >= 0.6 is 22.7 Å². The summed E-state index contributed by atoms with van der Waals surface area (Å²) in [6.45, 7) is 0. The molecule has 1 amide bonds. The van der Waals surface area contributed by atoms with Gasteiger partial charge in [-0.1, -0.05) is 0 Å². The Balaban J connectivity index is 1.39. The number of thiophene rings is 1. The van der Waals surface area contributed by atoms with Crippen molar-refractivity contribution < 1.29 is 4.79 Å². The van der Waals surface area contributed by atoms with E-state index >= 15 is 0 Å². The molecule has 25 heavy (non-hydrogen) atoms. The summed E-state index contributed by atoms with van der Waals surface area (Å²) in [6.07, 6.45) is 4.82. The Morgan fingerprint density at radius 1 is 1.24 bits per heavy atom. The SMILES string of the molecule is O=C(Cc1csc(-c2ccsc2)n1)Nc1ccc(-n2cncn2)nc1. The molecule has 1 N–H and O–H groups in total. The number of anilines is 1. The number of amides is 1. The van der Waals surface area contributed by atoms with Crippen LogP contribution in [0.1, 0.15) is 5.69 Å². The van der Waals surface area contributed by atoms with Gasteiger partial charge in [0.15, 0.2) is 5.82 Å². The van der Waals surface area contributed by atoms with Crippen molar-refractivity contribution in [2.75, 3.05) is 5.32 Å². The van der Waals surface area contributed by atoms with E-state index in [4.69, 9.17) is 0 Å². The molecule has 0 atom stereocenters. The molecule has 4 rings (SSSR count). The van der Waals surface area contributed by atoms with Gasteiger partial charge >= 0.3 is 0 Å². The molecule has 0 unspecified atom stereocenters. The van der Waals surface area contributed by atoms with Gasteiger partial charge in [-0.15, -0.1) is 11.3 Å². The highest BCUT2D eigenvalue weighted by molar-refractivity contribution is 7.14. The van der Waals surface area contributed by atoms with E-state index in [1.54, 1.807) is 52.0 Å². The highest BCUT2D eigenvalue weighted by Gasteiger charge is 2.10. The number of rotatable bonds is 5. The van der Waals surface area contributed by atoms with Crippen molar-refractivity contribution >= 4 is 34.3 Å². The van der Waals surface area contributed by atoms with Crippen molar-refractivity contribution in [1.29, 1.82) is 0 Å². The Morgan fingerprint density at radius 3 is 2.92 bits per heavy atom. The van der Waals surface area contributed by atoms with Gasteiger partial charge < -0.3 is 5.32 Å². The minimum Gasteiger partial charge on any atom is -0.324 e. The fourth-order valence-electron chi connectivity index (χ4n) is 2.20. The van der Waals surface area contributed by atoms with E-state index in [0.29, 0.717) is 11.5 Å². The molecular weight excluding hydrogens is 356 g/mol. The largest absolute Gasteiger partial charge is 0.324 e. The smallest absolute Gasteiger partial charge is 0.230 e.